The topological polar surface area (TPSA) is 38.3 Å². The van der Waals surface area contributed by atoms with Crippen LogP contribution in [0.25, 0.3) is 6.08 Å². The number of nitrogens with one attached hydrogen (secondary N) is 1. The molecule has 1 amide bonds. The summed E-state index contributed by atoms with van der Waals surface area (Å²) in [6, 6.07) is 12.9. The molecule has 0 aromatic heterocycles. The summed E-state index contributed by atoms with van der Waals surface area (Å²) in [6.07, 6.45) is 6.11. The minimum Gasteiger partial charge on any atom is -0.494 e. The molecule has 2 aromatic rings. The highest BCUT2D eigenvalue weighted by molar-refractivity contribution is 5.92. The highest BCUT2D eigenvalue weighted by Gasteiger charge is 2.20. The van der Waals surface area contributed by atoms with E-state index in [9.17, 15) is 9.18 Å². The van der Waals surface area contributed by atoms with Crippen molar-refractivity contribution in [3.05, 3.63) is 71.0 Å². The van der Waals surface area contributed by atoms with Crippen molar-refractivity contribution in [1.29, 1.82) is 0 Å². The number of hydrogen-bond donors (Lipinski definition) is 1. The normalized spacial score (nSPS) is 16.7. The molecule has 24 heavy (non-hydrogen) atoms. The van der Waals surface area contributed by atoms with Crippen molar-refractivity contribution in [2.24, 2.45) is 0 Å². The SMILES string of the molecule is COc1ccc(/C=C/C(=O)N[C@H]2CCCc3ccccc32)cc1F. The van der Waals surface area contributed by atoms with Crippen molar-refractivity contribution in [2.45, 2.75) is 25.3 Å². The van der Waals surface area contributed by atoms with Crippen molar-refractivity contribution in [1.82, 2.24) is 5.32 Å². The molecule has 124 valence electrons. The first kappa shape index (κ1) is 16.2. The van der Waals surface area contributed by atoms with E-state index >= 15 is 0 Å². The highest BCUT2D eigenvalue weighted by atomic mass is 19.1. The molecule has 1 aliphatic rings. The van der Waals surface area contributed by atoms with Crippen molar-refractivity contribution in [3.63, 3.8) is 0 Å². The van der Waals surface area contributed by atoms with Crippen LogP contribution < -0.4 is 10.1 Å². The minimum absolute atomic E-state index is 0.0414. The lowest BCUT2D eigenvalue weighted by Gasteiger charge is -2.25. The van der Waals surface area contributed by atoms with E-state index in [1.807, 2.05) is 12.1 Å². The van der Waals surface area contributed by atoms with Gasteiger partial charge in [0.15, 0.2) is 11.6 Å². The van der Waals surface area contributed by atoms with Gasteiger partial charge in [-0.1, -0.05) is 30.3 Å². The maximum Gasteiger partial charge on any atom is 0.244 e. The summed E-state index contributed by atoms with van der Waals surface area (Å²) < 4.78 is 18.5. The smallest absolute Gasteiger partial charge is 0.244 e. The Hall–Kier alpha value is -2.62. The summed E-state index contributed by atoms with van der Waals surface area (Å²) in [7, 11) is 1.42. The number of halogens is 1. The fourth-order valence-electron chi connectivity index (χ4n) is 3.08. The third kappa shape index (κ3) is 3.65. The third-order valence-corrected chi connectivity index (χ3v) is 4.29. The molecule has 3 nitrogen and oxygen atoms in total. The molecule has 0 spiro atoms. The zero-order chi connectivity index (χ0) is 16.9. The Morgan fingerprint density at radius 3 is 2.92 bits per heavy atom. The van der Waals surface area contributed by atoms with Crippen LogP contribution in [0.4, 0.5) is 4.39 Å². The Bertz CT molecular complexity index is 770. The van der Waals surface area contributed by atoms with Crippen LogP contribution in [0.15, 0.2) is 48.5 Å². The second-order valence-corrected chi connectivity index (χ2v) is 5.88. The van der Waals surface area contributed by atoms with Gasteiger partial charge in [0.1, 0.15) is 0 Å². The van der Waals surface area contributed by atoms with Gasteiger partial charge in [0.25, 0.3) is 0 Å². The molecule has 0 unspecified atom stereocenters. The van der Waals surface area contributed by atoms with Crippen LogP contribution in [-0.4, -0.2) is 13.0 Å². The lowest BCUT2D eigenvalue weighted by atomic mass is 9.88. The van der Waals surface area contributed by atoms with E-state index in [1.54, 1.807) is 18.2 Å². The first-order valence-corrected chi connectivity index (χ1v) is 8.07. The van der Waals surface area contributed by atoms with E-state index in [-0.39, 0.29) is 17.7 Å². The molecule has 0 saturated carbocycles. The van der Waals surface area contributed by atoms with Crippen LogP contribution in [0.5, 0.6) is 5.75 Å². The van der Waals surface area contributed by atoms with E-state index in [1.165, 1.54) is 30.4 Å². The number of ether oxygens (including phenoxy) is 1. The zero-order valence-electron chi connectivity index (χ0n) is 13.6. The second kappa shape index (κ2) is 7.30. The van der Waals surface area contributed by atoms with Crippen LogP contribution in [-0.2, 0) is 11.2 Å². The number of methoxy groups -OCH3 is 1. The molecular weight excluding hydrogens is 305 g/mol. The van der Waals surface area contributed by atoms with Crippen molar-refractivity contribution >= 4 is 12.0 Å². The highest BCUT2D eigenvalue weighted by Crippen LogP contribution is 2.29. The predicted octanol–water partition coefficient (Wildman–Crippen LogP) is 4.04. The van der Waals surface area contributed by atoms with Gasteiger partial charge in [0.05, 0.1) is 13.2 Å². The number of carbonyl (C=O) groups is 1. The second-order valence-electron chi connectivity index (χ2n) is 5.88. The van der Waals surface area contributed by atoms with Crippen LogP contribution in [0.3, 0.4) is 0 Å². The van der Waals surface area contributed by atoms with E-state index in [0.717, 1.165) is 19.3 Å². The Balaban J connectivity index is 1.67. The number of hydrogen-bond acceptors (Lipinski definition) is 2. The fraction of sp³-hybridized carbons (Fsp3) is 0.250. The van der Waals surface area contributed by atoms with Gasteiger partial charge >= 0.3 is 0 Å². The minimum atomic E-state index is -0.443. The van der Waals surface area contributed by atoms with Crippen LogP contribution >= 0.6 is 0 Å². The molecule has 1 aliphatic carbocycles. The molecule has 3 rings (SSSR count). The van der Waals surface area contributed by atoms with Crippen LogP contribution in [0, 0.1) is 5.82 Å². The lowest BCUT2D eigenvalue weighted by Crippen LogP contribution is -2.29. The number of benzene rings is 2. The summed E-state index contributed by atoms with van der Waals surface area (Å²) in [5.41, 5.74) is 3.11. The fourth-order valence-corrected chi connectivity index (χ4v) is 3.08. The molecule has 0 heterocycles. The summed E-state index contributed by atoms with van der Waals surface area (Å²) >= 11 is 0. The van der Waals surface area contributed by atoms with Crippen LogP contribution in [0.2, 0.25) is 0 Å². The number of aryl methyl sites for hydroxylation is 1. The van der Waals surface area contributed by atoms with Crippen molar-refractivity contribution in [2.75, 3.05) is 7.11 Å². The molecule has 0 fully saturated rings. The first-order valence-electron chi connectivity index (χ1n) is 8.07. The summed E-state index contributed by atoms with van der Waals surface area (Å²) in [5, 5.41) is 3.04. The summed E-state index contributed by atoms with van der Waals surface area (Å²) in [6.45, 7) is 0. The lowest BCUT2D eigenvalue weighted by molar-refractivity contribution is -0.117. The molecule has 0 radical (unpaired) electrons. The average Bonchev–Trinajstić information content (AvgIpc) is 2.60. The van der Waals surface area contributed by atoms with Crippen molar-refractivity contribution < 1.29 is 13.9 Å². The number of carbonyl (C=O) groups excluding carboxylic acids is 1. The monoisotopic (exact) mass is 325 g/mol. The quantitative estimate of drug-likeness (QED) is 0.862. The maximum atomic E-state index is 13.7. The molecule has 0 bridgehead atoms. The Labute approximate surface area is 141 Å². The van der Waals surface area contributed by atoms with E-state index < -0.39 is 5.82 Å². The van der Waals surface area contributed by atoms with Gasteiger partial charge in [-0.05, 0) is 54.2 Å². The molecule has 4 heteroatoms. The first-order chi connectivity index (χ1) is 11.7. The summed E-state index contributed by atoms with van der Waals surface area (Å²) in [4.78, 5) is 12.2. The standard InChI is InChI=1S/C20H20FNO2/c1-24-19-11-9-14(13-17(19)21)10-12-20(23)22-18-8-4-6-15-5-2-3-7-16(15)18/h2-3,5,7,9-13,18H,4,6,8H2,1H3,(H,22,23)/b12-10+/t18-/m0/s1. The van der Waals surface area contributed by atoms with Gasteiger partial charge in [-0.2, -0.15) is 0 Å². The molecule has 1 atom stereocenters. The molecule has 1 N–H and O–H groups in total. The number of amides is 1. The van der Waals surface area contributed by atoms with E-state index in [4.69, 9.17) is 4.74 Å². The molecule has 2 aromatic carbocycles. The Kier molecular flexibility index (Phi) is 4.94. The maximum absolute atomic E-state index is 13.7. The van der Waals surface area contributed by atoms with Gasteiger partial charge in [-0.15, -0.1) is 0 Å². The zero-order valence-corrected chi connectivity index (χ0v) is 13.6. The van der Waals surface area contributed by atoms with Gasteiger partial charge in [-0.25, -0.2) is 4.39 Å². The number of rotatable bonds is 4. The van der Waals surface area contributed by atoms with E-state index in [2.05, 4.69) is 17.4 Å². The van der Waals surface area contributed by atoms with Gasteiger partial charge in [0.2, 0.25) is 5.91 Å². The van der Waals surface area contributed by atoms with Gasteiger partial charge in [-0.3, -0.25) is 4.79 Å². The Morgan fingerprint density at radius 2 is 2.12 bits per heavy atom. The third-order valence-electron chi connectivity index (χ3n) is 4.29. The number of fused-ring (bicyclic) bond motifs is 1. The largest absolute Gasteiger partial charge is 0.494 e. The van der Waals surface area contributed by atoms with Crippen molar-refractivity contribution in [3.8, 4) is 5.75 Å². The molecule has 0 saturated heterocycles. The molecule has 0 aliphatic heterocycles. The van der Waals surface area contributed by atoms with Gasteiger partial charge in [0, 0.05) is 6.08 Å². The van der Waals surface area contributed by atoms with E-state index in [0.29, 0.717) is 5.56 Å². The summed E-state index contributed by atoms with van der Waals surface area (Å²) in [5.74, 6) is -0.426. The Morgan fingerprint density at radius 1 is 1.29 bits per heavy atom. The average molecular weight is 325 g/mol. The predicted molar refractivity (Wildman–Crippen MR) is 92.2 cm³/mol. The van der Waals surface area contributed by atoms with Crippen LogP contribution in [0.1, 0.15) is 35.6 Å². The molecular formula is C20H20FNO2. The van der Waals surface area contributed by atoms with Gasteiger partial charge < -0.3 is 10.1 Å².